The number of hydrogen-bond donors (Lipinski definition) is 2. The van der Waals surface area contributed by atoms with E-state index in [1.807, 2.05) is 10.3 Å². The molecule has 1 aromatic carbocycles. The van der Waals surface area contributed by atoms with Gasteiger partial charge in [-0.3, -0.25) is 4.79 Å². The van der Waals surface area contributed by atoms with Gasteiger partial charge in [-0.1, -0.05) is 0 Å². The average Bonchev–Trinajstić information content (AvgIpc) is 3.12. The highest BCUT2D eigenvalue weighted by atomic mass is 32.1. The molecule has 0 aliphatic heterocycles. The van der Waals surface area contributed by atoms with E-state index < -0.39 is 0 Å². The second-order valence-corrected chi connectivity index (χ2v) is 5.92. The third-order valence-corrected chi connectivity index (χ3v) is 4.22. The number of hydrogen-bond acceptors (Lipinski definition) is 4. The summed E-state index contributed by atoms with van der Waals surface area (Å²) in [6.45, 7) is 0.650. The maximum Gasteiger partial charge on any atom is 0.256 e. The fourth-order valence-corrected chi connectivity index (χ4v) is 2.92. The molecule has 1 aromatic heterocycles. The number of thiophene rings is 1. The largest absolute Gasteiger partial charge is 0.399 e. The molecule has 1 amide bonds. The van der Waals surface area contributed by atoms with Crippen molar-refractivity contribution in [2.75, 3.05) is 11.5 Å². The first kappa shape index (κ1) is 13.0. The van der Waals surface area contributed by atoms with Crippen LogP contribution < -0.4 is 11.5 Å². The minimum Gasteiger partial charge on any atom is -0.399 e. The summed E-state index contributed by atoms with van der Waals surface area (Å²) in [5.41, 5.74) is 14.4. The molecule has 0 spiro atoms. The van der Waals surface area contributed by atoms with Crippen LogP contribution in [0.2, 0.25) is 0 Å². The molecule has 2 aromatic rings. The van der Waals surface area contributed by atoms with Gasteiger partial charge in [-0.2, -0.15) is 11.3 Å². The van der Waals surface area contributed by atoms with Crippen LogP contribution in [0.5, 0.6) is 0 Å². The number of benzene rings is 1. The zero-order valence-corrected chi connectivity index (χ0v) is 11.9. The van der Waals surface area contributed by atoms with Gasteiger partial charge < -0.3 is 16.4 Å². The molecule has 1 aliphatic rings. The van der Waals surface area contributed by atoms with E-state index in [1.54, 1.807) is 29.5 Å². The highest BCUT2D eigenvalue weighted by Crippen LogP contribution is 2.31. The monoisotopic (exact) mass is 287 g/mol. The van der Waals surface area contributed by atoms with E-state index in [2.05, 4.69) is 11.4 Å². The van der Waals surface area contributed by atoms with Gasteiger partial charge in [-0.05, 0) is 53.4 Å². The van der Waals surface area contributed by atoms with Crippen molar-refractivity contribution in [2.45, 2.75) is 25.4 Å². The number of nitrogens with zero attached hydrogens (tertiary/aromatic N) is 1. The molecule has 1 fully saturated rings. The van der Waals surface area contributed by atoms with Crippen LogP contribution in [0.15, 0.2) is 35.0 Å². The van der Waals surface area contributed by atoms with Crippen LogP contribution in [-0.2, 0) is 6.54 Å². The Morgan fingerprint density at radius 2 is 2.10 bits per heavy atom. The lowest BCUT2D eigenvalue weighted by atomic mass is 10.1. The summed E-state index contributed by atoms with van der Waals surface area (Å²) in [6.07, 6.45) is 2.15. The molecule has 1 saturated carbocycles. The minimum absolute atomic E-state index is 0.00352. The molecular formula is C15H17N3OS. The summed E-state index contributed by atoms with van der Waals surface area (Å²) < 4.78 is 0. The third-order valence-electron chi connectivity index (χ3n) is 3.49. The molecule has 20 heavy (non-hydrogen) atoms. The second-order valence-electron chi connectivity index (χ2n) is 5.14. The molecule has 1 heterocycles. The first-order valence-corrected chi connectivity index (χ1v) is 7.56. The first-order valence-electron chi connectivity index (χ1n) is 6.62. The average molecular weight is 287 g/mol. The van der Waals surface area contributed by atoms with E-state index in [1.165, 1.54) is 5.56 Å². The summed E-state index contributed by atoms with van der Waals surface area (Å²) in [4.78, 5) is 14.6. The molecule has 0 saturated heterocycles. The SMILES string of the molecule is Nc1ccc(C(=O)N(Cc2ccsc2)C2CC2)c(N)c1. The maximum absolute atomic E-state index is 12.7. The van der Waals surface area contributed by atoms with E-state index in [4.69, 9.17) is 11.5 Å². The van der Waals surface area contributed by atoms with Gasteiger partial charge in [-0.25, -0.2) is 0 Å². The van der Waals surface area contributed by atoms with Crippen molar-refractivity contribution >= 4 is 28.6 Å². The minimum atomic E-state index is -0.00352. The van der Waals surface area contributed by atoms with Crippen LogP contribution in [0.4, 0.5) is 11.4 Å². The van der Waals surface area contributed by atoms with Gasteiger partial charge in [0.2, 0.25) is 0 Å². The molecule has 0 bridgehead atoms. The maximum atomic E-state index is 12.7. The van der Waals surface area contributed by atoms with Crippen LogP contribution in [0.3, 0.4) is 0 Å². The number of anilines is 2. The molecule has 104 valence electrons. The lowest BCUT2D eigenvalue weighted by Crippen LogP contribution is -2.33. The molecule has 1 aliphatic carbocycles. The Hall–Kier alpha value is -2.01. The topological polar surface area (TPSA) is 72.4 Å². The van der Waals surface area contributed by atoms with Gasteiger partial charge in [0, 0.05) is 24.0 Å². The summed E-state index contributed by atoms with van der Waals surface area (Å²) in [6, 6.07) is 7.48. The second kappa shape index (κ2) is 5.17. The van der Waals surface area contributed by atoms with Crippen LogP contribution in [0.25, 0.3) is 0 Å². The Balaban J connectivity index is 1.85. The summed E-state index contributed by atoms with van der Waals surface area (Å²) in [5, 5.41) is 4.11. The van der Waals surface area contributed by atoms with E-state index in [-0.39, 0.29) is 5.91 Å². The predicted molar refractivity (Wildman–Crippen MR) is 82.5 cm³/mol. The fourth-order valence-electron chi connectivity index (χ4n) is 2.26. The molecule has 0 radical (unpaired) electrons. The number of nitrogens with two attached hydrogens (primary N) is 2. The lowest BCUT2D eigenvalue weighted by Gasteiger charge is -2.23. The zero-order valence-electron chi connectivity index (χ0n) is 11.1. The Labute approximate surface area is 122 Å². The van der Waals surface area contributed by atoms with Crippen molar-refractivity contribution in [3.05, 3.63) is 46.2 Å². The normalized spacial score (nSPS) is 14.2. The molecule has 4 nitrogen and oxygen atoms in total. The fraction of sp³-hybridized carbons (Fsp3) is 0.267. The van der Waals surface area contributed by atoms with E-state index in [0.29, 0.717) is 29.5 Å². The summed E-state index contributed by atoms with van der Waals surface area (Å²) in [7, 11) is 0. The number of carbonyl (C=O) groups excluding carboxylic acids is 1. The van der Waals surface area contributed by atoms with Gasteiger partial charge in [0.15, 0.2) is 0 Å². The molecular weight excluding hydrogens is 270 g/mol. The molecule has 0 unspecified atom stereocenters. The van der Waals surface area contributed by atoms with Crippen molar-refractivity contribution < 1.29 is 4.79 Å². The Kier molecular flexibility index (Phi) is 3.36. The van der Waals surface area contributed by atoms with Gasteiger partial charge >= 0.3 is 0 Å². The Morgan fingerprint density at radius 1 is 1.30 bits per heavy atom. The van der Waals surface area contributed by atoms with Crippen molar-refractivity contribution in [3.63, 3.8) is 0 Å². The molecule has 0 atom stereocenters. The van der Waals surface area contributed by atoms with E-state index in [9.17, 15) is 4.79 Å². The van der Waals surface area contributed by atoms with Crippen LogP contribution in [-0.4, -0.2) is 16.8 Å². The Morgan fingerprint density at radius 3 is 2.70 bits per heavy atom. The third kappa shape index (κ3) is 2.63. The van der Waals surface area contributed by atoms with Crippen molar-refractivity contribution in [2.24, 2.45) is 0 Å². The Bertz CT molecular complexity index is 620. The van der Waals surface area contributed by atoms with Crippen molar-refractivity contribution in [1.29, 1.82) is 0 Å². The van der Waals surface area contributed by atoms with Crippen molar-refractivity contribution in [1.82, 2.24) is 4.90 Å². The van der Waals surface area contributed by atoms with Crippen molar-refractivity contribution in [3.8, 4) is 0 Å². The van der Waals surface area contributed by atoms with Gasteiger partial charge in [0.1, 0.15) is 0 Å². The summed E-state index contributed by atoms with van der Waals surface area (Å²) in [5.74, 6) is -0.00352. The number of amides is 1. The van der Waals surface area contributed by atoms with Crippen LogP contribution in [0.1, 0.15) is 28.8 Å². The van der Waals surface area contributed by atoms with Gasteiger partial charge in [0.05, 0.1) is 5.56 Å². The number of nitrogen functional groups attached to an aromatic ring is 2. The van der Waals surface area contributed by atoms with E-state index in [0.717, 1.165) is 12.8 Å². The van der Waals surface area contributed by atoms with Gasteiger partial charge in [-0.15, -0.1) is 0 Å². The quantitative estimate of drug-likeness (QED) is 0.849. The molecule has 5 heteroatoms. The first-order chi connectivity index (χ1) is 9.65. The molecule has 3 rings (SSSR count). The van der Waals surface area contributed by atoms with Crippen LogP contribution in [0, 0.1) is 0 Å². The standard InChI is InChI=1S/C15H17N3OS/c16-11-1-4-13(14(17)7-11)15(19)18(12-2-3-12)8-10-5-6-20-9-10/h1,4-7,9,12H,2-3,8,16-17H2. The zero-order chi connectivity index (χ0) is 14.1. The highest BCUT2D eigenvalue weighted by molar-refractivity contribution is 7.07. The highest BCUT2D eigenvalue weighted by Gasteiger charge is 2.33. The van der Waals surface area contributed by atoms with E-state index >= 15 is 0 Å². The number of rotatable bonds is 4. The van der Waals surface area contributed by atoms with Gasteiger partial charge in [0.25, 0.3) is 5.91 Å². The van der Waals surface area contributed by atoms with Crippen LogP contribution >= 0.6 is 11.3 Å². The smallest absolute Gasteiger partial charge is 0.256 e. The summed E-state index contributed by atoms with van der Waals surface area (Å²) >= 11 is 1.65. The lowest BCUT2D eigenvalue weighted by molar-refractivity contribution is 0.0731. The number of carbonyl (C=O) groups is 1. The predicted octanol–water partition coefficient (Wildman–Crippen LogP) is 2.72. The molecule has 4 N–H and O–H groups in total.